The molecule has 0 spiro atoms. The van der Waals surface area contributed by atoms with Gasteiger partial charge in [-0.15, -0.1) is 0 Å². The molecule has 2 N–H and O–H groups in total. The lowest BCUT2D eigenvalue weighted by Crippen LogP contribution is -2.35. The van der Waals surface area contributed by atoms with E-state index in [1.165, 1.54) is 14.2 Å². The van der Waals surface area contributed by atoms with Crippen molar-refractivity contribution in [3.05, 3.63) is 59.7 Å². The Morgan fingerprint density at radius 1 is 0.880 bits per heavy atom. The number of benzene rings is 2. The lowest BCUT2D eigenvalue weighted by atomic mass is 10.1. The summed E-state index contributed by atoms with van der Waals surface area (Å²) in [5, 5.41) is 5.54. The maximum atomic E-state index is 12.2. The van der Waals surface area contributed by atoms with Gasteiger partial charge in [0, 0.05) is 24.7 Å². The Hall–Kier alpha value is -3.02. The van der Waals surface area contributed by atoms with Crippen molar-refractivity contribution in [1.82, 2.24) is 10.6 Å². The Kier molecular flexibility index (Phi) is 6.83. The van der Waals surface area contributed by atoms with Crippen LogP contribution < -0.4 is 20.1 Å². The van der Waals surface area contributed by atoms with Crippen LogP contribution in [0.5, 0.6) is 11.5 Å². The number of ether oxygens (including phenoxy) is 2. The molecule has 0 radical (unpaired) electrons. The Morgan fingerprint density at radius 3 is 2.08 bits per heavy atom. The molecule has 25 heavy (non-hydrogen) atoms. The fourth-order valence-corrected chi connectivity index (χ4v) is 2.26. The molecule has 132 valence electrons. The average Bonchev–Trinajstić information content (AvgIpc) is 2.65. The van der Waals surface area contributed by atoms with E-state index in [9.17, 15) is 9.59 Å². The van der Waals surface area contributed by atoms with Crippen LogP contribution in [0, 0.1) is 0 Å². The number of hydrogen-bond donors (Lipinski definition) is 2. The van der Waals surface area contributed by atoms with Gasteiger partial charge in [0.1, 0.15) is 11.5 Å². The minimum atomic E-state index is -0.255. The number of carbonyl (C=O) groups is 2. The lowest BCUT2D eigenvalue weighted by molar-refractivity contribution is -0.120. The van der Waals surface area contributed by atoms with Gasteiger partial charge in [0.15, 0.2) is 0 Å². The summed E-state index contributed by atoms with van der Waals surface area (Å²) in [5.74, 6) is 0.749. The van der Waals surface area contributed by atoms with Crippen LogP contribution in [-0.4, -0.2) is 39.1 Å². The van der Waals surface area contributed by atoms with E-state index >= 15 is 0 Å². The van der Waals surface area contributed by atoms with E-state index in [2.05, 4.69) is 10.6 Å². The maximum Gasteiger partial charge on any atom is 0.251 e. The quantitative estimate of drug-likeness (QED) is 0.717. The van der Waals surface area contributed by atoms with Crippen LogP contribution >= 0.6 is 0 Å². The Labute approximate surface area is 147 Å². The van der Waals surface area contributed by atoms with Gasteiger partial charge >= 0.3 is 0 Å². The molecule has 0 aliphatic heterocycles. The summed E-state index contributed by atoms with van der Waals surface area (Å²) in [7, 11) is 3.05. The third-order valence-electron chi connectivity index (χ3n) is 3.55. The van der Waals surface area contributed by atoms with Gasteiger partial charge in [0.25, 0.3) is 5.91 Å². The number of nitrogens with one attached hydrogen (secondary N) is 2. The van der Waals surface area contributed by atoms with Crippen molar-refractivity contribution in [2.24, 2.45) is 0 Å². The van der Waals surface area contributed by atoms with Crippen LogP contribution in [-0.2, 0) is 11.2 Å². The van der Waals surface area contributed by atoms with Gasteiger partial charge in [-0.2, -0.15) is 0 Å². The Bertz CT molecular complexity index is 694. The molecule has 2 aromatic carbocycles. The van der Waals surface area contributed by atoms with Crippen LogP contribution in [0.1, 0.15) is 15.9 Å². The molecule has 2 aromatic rings. The zero-order chi connectivity index (χ0) is 18.1. The van der Waals surface area contributed by atoms with E-state index in [1.807, 2.05) is 30.3 Å². The lowest BCUT2D eigenvalue weighted by Gasteiger charge is -2.10. The maximum absolute atomic E-state index is 12.2. The smallest absolute Gasteiger partial charge is 0.251 e. The molecule has 0 atom stereocenters. The number of carbonyl (C=O) groups excluding carboxylic acids is 2. The second-order valence-corrected chi connectivity index (χ2v) is 5.37. The van der Waals surface area contributed by atoms with Gasteiger partial charge in [0.05, 0.1) is 20.6 Å². The molecule has 6 nitrogen and oxygen atoms in total. The molecule has 2 rings (SSSR count). The standard InChI is InChI=1S/C19H22N2O4/c1-24-16-11-15(12-17(13-16)25-2)19(23)21-9-8-20-18(22)10-14-6-4-3-5-7-14/h3-7,11-13H,8-10H2,1-2H3,(H,20,22)(H,21,23). The SMILES string of the molecule is COc1cc(OC)cc(C(=O)NCCNC(=O)Cc2ccccc2)c1. The molecule has 0 aliphatic carbocycles. The van der Waals surface area contributed by atoms with Crippen LogP contribution in [0.4, 0.5) is 0 Å². The first-order valence-corrected chi connectivity index (χ1v) is 7.94. The number of methoxy groups -OCH3 is 2. The van der Waals surface area contributed by atoms with Crippen molar-refractivity contribution >= 4 is 11.8 Å². The van der Waals surface area contributed by atoms with E-state index in [-0.39, 0.29) is 11.8 Å². The second kappa shape index (κ2) is 9.32. The van der Waals surface area contributed by atoms with E-state index < -0.39 is 0 Å². The van der Waals surface area contributed by atoms with E-state index in [1.54, 1.807) is 18.2 Å². The molecule has 6 heteroatoms. The first kappa shape index (κ1) is 18.3. The normalized spacial score (nSPS) is 10.0. The predicted octanol–water partition coefficient (Wildman–Crippen LogP) is 1.79. The van der Waals surface area contributed by atoms with Crippen LogP contribution in [0.25, 0.3) is 0 Å². The summed E-state index contributed by atoms with van der Waals surface area (Å²) in [6.45, 7) is 0.692. The molecular weight excluding hydrogens is 320 g/mol. The van der Waals surface area contributed by atoms with Crippen molar-refractivity contribution in [2.75, 3.05) is 27.3 Å². The van der Waals surface area contributed by atoms with E-state index in [0.717, 1.165) is 5.56 Å². The van der Waals surface area contributed by atoms with Crippen LogP contribution in [0.15, 0.2) is 48.5 Å². The molecule has 0 aromatic heterocycles. The Balaban J connectivity index is 1.78. The van der Waals surface area contributed by atoms with E-state index in [4.69, 9.17) is 9.47 Å². The summed E-state index contributed by atoms with van der Waals surface area (Å²) in [4.78, 5) is 24.0. The summed E-state index contributed by atoms with van der Waals surface area (Å²) < 4.78 is 10.3. The third-order valence-corrected chi connectivity index (χ3v) is 3.55. The fraction of sp³-hybridized carbons (Fsp3) is 0.263. The molecular formula is C19H22N2O4. The number of amides is 2. The molecule has 0 aliphatic rings. The van der Waals surface area contributed by atoms with Crippen molar-refractivity contribution < 1.29 is 19.1 Å². The van der Waals surface area contributed by atoms with E-state index in [0.29, 0.717) is 36.6 Å². The molecule has 0 saturated carbocycles. The van der Waals surface area contributed by atoms with Crippen molar-refractivity contribution in [2.45, 2.75) is 6.42 Å². The third kappa shape index (κ3) is 5.84. The van der Waals surface area contributed by atoms with Crippen molar-refractivity contribution in [3.8, 4) is 11.5 Å². The van der Waals surface area contributed by atoms with Crippen molar-refractivity contribution in [1.29, 1.82) is 0 Å². The topological polar surface area (TPSA) is 76.7 Å². The molecule has 0 fully saturated rings. The molecule has 0 bridgehead atoms. The molecule has 0 unspecified atom stereocenters. The van der Waals surface area contributed by atoms with Crippen LogP contribution in [0.2, 0.25) is 0 Å². The van der Waals surface area contributed by atoms with Gasteiger partial charge in [-0.05, 0) is 17.7 Å². The zero-order valence-electron chi connectivity index (χ0n) is 14.4. The number of rotatable bonds is 8. The average molecular weight is 342 g/mol. The highest BCUT2D eigenvalue weighted by atomic mass is 16.5. The van der Waals surface area contributed by atoms with Gasteiger partial charge in [-0.3, -0.25) is 9.59 Å². The summed E-state index contributed by atoms with van der Waals surface area (Å²) in [5.41, 5.74) is 1.39. The monoisotopic (exact) mass is 342 g/mol. The highest BCUT2D eigenvalue weighted by Gasteiger charge is 2.09. The van der Waals surface area contributed by atoms with Gasteiger partial charge in [0.2, 0.25) is 5.91 Å². The van der Waals surface area contributed by atoms with Crippen LogP contribution in [0.3, 0.4) is 0 Å². The molecule has 2 amide bonds. The van der Waals surface area contributed by atoms with Gasteiger partial charge < -0.3 is 20.1 Å². The van der Waals surface area contributed by atoms with Gasteiger partial charge in [-0.1, -0.05) is 30.3 Å². The summed E-state index contributed by atoms with van der Waals surface area (Å²) >= 11 is 0. The minimum Gasteiger partial charge on any atom is -0.497 e. The first-order chi connectivity index (χ1) is 12.1. The zero-order valence-corrected chi connectivity index (χ0v) is 14.4. The summed E-state index contributed by atoms with van der Waals surface area (Å²) in [6.07, 6.45) is 0.321. The highest BCUT2D eigenvalue weighted by Crippen LogP contribution is 2.22. The largest absolute Gasteiger partial charge is 0.497 e. The predicted molar refractivity (Wildman–Crippen MR) is 95.0 cm³/mol. The molecule has 0 heterocycles. The Morgan fingerprint density at radius 2 is 1.48 bits per heavy atom. The fourth-order valence-electron chi connectivity index (χ4n) is 2.26. The molecule has 0 saturated heterocycles. The first-order valence-electron chi connectivity index (χ1n) is 7.94. The second-order valence-electron chi connectivity index (χ2n) is 5.37. The van der Waals surface area contributed by atoms with Crippen molar-refractivity contribution in [3.63, 3.8) is 0 Å². The summed E-state index contributed by atoms with van der Waals surface area (Å²) in [6, 6.07) is 14.5. The minimum absolute atomic E-state index is 0.0801. The number of hydrogen-bond acceptors (Lipinski definition) is 4. The van der Waals surface area contributed by atoms with Gasteiger partial charge in [-0.25, -0.2) is 0 Å². The highest BCUT2D eigenvalue weighted by molar-refractivity contribution is 5.95.